The minimum absolute atomic E-state index is 0.374. The molecular weight excluding hydrogens is 248 g/mol. The summed E-state index contributed by atoms with van der Waals surface area (Å²) in [5.41, 5.74) is 2.34. The maximum absolute atomic E-state index is 4.77. The topological polar surface area (TPSA) is 41.1 Å². The van der Waals surface area contributed by atoms with Crippen LogP contribution in [0.2, 0.25) is 0 Å². The standard InChI is InChI=1S/C16H28N4/c1-11(2)16-18-8-15(14(19-16)7-17-5)20-9-12(3)6-13(4)10-20/h8,11-13,17H,6-7,9-10H2,1-5H3. The number of piperidine rings is 1. The van der Waals surface area contributed by atoms with Crippen molar-refractivity contribution in [2.75, 3.05) is 25.0 Å². The molecule has 2 heterocycles. The largest absolute Gasteiger partial charge is 0.368 e. The third-order valence-electron chi connectivity index (χ3n) is 3.93. The van der Waals surface area contributed by atoms with Crippen LogP contribution in [0.15, 0.2) is 6.20 Å². The van der Waals surface area contributed by atoms with E-state index in [2.05, 4.69) is 42.9 Å². The average Bonchev–Trinajstić information content (AvgIpc) is 2.37. The first-order valence-electron chi connectivity index (χ1n) is 7.76. The molecule has 0 aromatic carbocycles. The van der Waals surface area contributed by atoms with E-state index >= 15 is 0 Å². The predicted octanol–water partition coefficient (Wildman–Crippen LogP) is 2.80. The summed E-state index contributed by atoms with van der Waals surface area (Å²) in [6.07, 6.45) is 3.35. The molecule has 1 N–H and O–H groups in total. The lowest BCUT2D eigenvalue weighted by Gasteiger charge is -2.37. The summed E-state index contributed by atoms with van der Waals surface area (Å²) in [5, 5.41) is 3.24. The second kappa shape index (κ2) is 6.53. The highest BCUT2D eigenvalue weighted by atomic mass is 15.2. The molecule has 0 saturated carbocycles. The zero-order chi connectivity index (χ0) is 14.7. The molecule has 1 aliphatic heterocycles. The van der Waals surface area contributed by atoms with Gasteiger partial charge < -0.3 is 10.2 Å². The lowest BCUT2D eigenvalue weighted by molar-refractivity contribution is 0.356. The van der Waals surface area contributed by atoms with Gasteiger partial charge in [-0.05, 0) is 25.3 Å². The Morgan fingerprint density at radius 2 is 1.95 bits per heavy atom. The Morgan fingerprint density at radius 1 is 1.30 bits per heavy atom. The van der Waals surface area contributed by atoms with Gasteiger partial charge in [0.1, 0.15) is 5.82 Å². The van der Waals surface area contributed by atoms with Gasteiger partial charge in [-0.25, -0.2) is 9.97 Å². The molecule has 2 atom stereocenters. The van der Waals surface area contributed by atoms with Crippen molar-refractivity contribution in [3.63, 3.8) is 0 Å². The second-order valence-corrected chi connectivity index (χ2v) is 6.60. The zero-order valence-electron chi connectivity index (χ0n) is 13.5. The minimum Gasteiger partial charge on any atom is -0.368 e. The van der Waals surface area contributed by atoms with Crippen molar-refractivity contribution >= 4 is 5.69 Å². The van der Waals surface area contributed by atoms with E-state index in [9.17, 15) is 0 Å². The molecule has 20 heavy (non-hydrogen) atoms. The van der Waals surface area contributed by atoms with E-state index in [1.54, 1.807) is 0 Å². The smallest absolute Gasteiger partial charge is 0.131 e. The number of hydrogen-bond donors (Lipinski definition) is 1. The molecule has 1 aromatic rings. The van der Waals surface area contributed by atoms with E-state index < -0.39 is 0 Å². The summed E-state index contributed by atoms with van der Waals surface area (Å²) in [7, 11) is 1.97. The molecule has 1 saturated heterocycles. The fourth-order valence-electron chi connectivity index (χ4n) is 3.13. The van der Waals surface area contributed by atoms with E-state index in [0.29, 0.717) is 5.92 Å². The van der Waals surface area contributed by atoms with Gasteiger partial charge in [0.25, 0.3) is 0 Å². The average molecular weight is 276 g/mol. The first-order chi connectivity index (χ1) is 9.51. The van der Waals surface area contributed by atoms with Crippen molar-refractivity contribution in [2.45, 2.75) is 46.6 Å². The number of hydrogen-bond acceptors (Lipinski definition) is 4. The van der Waals surface area contributed by atoms with E-state index in [0.717, 1.165) is 43.0 Å². The molecule has 112 valence electrons. The summed E-state index contributed by atoms with van der Waals surface area (Å²) in [6.45, 7) is 12.0. The van der Waals surface area contributed by atoms with Crippen molar-refractivity contribution in [3.05, 3.63) is 17.7 Å². The van der Waals surface area contributed by atoms with Crippen molar-refractivity contribution in [3.8, 4) is 0 Å². The lowest BCUT2D eigenvalue weighted by atomic mass is 9.91. The van der Waals surface area contributed by atoms with Crippen LogP contribution >= 0.6 is 0 Å². The minimum atomic E-state index is 0.374. The number of anilines is 1. The number of rotatable bonds is 4. The fourth-order valence-corrected chi connectivity index (χ4v) is 3.13. The van der Waals surface area contributed by atoms with Gasteiger partial charge in [-0.2, -0.15) is 0 Å². The zero-order valence-corrected chi connectivity index (χ0v) is 13.5. The lowest BCUT2D eigenvalue weighted by Crippen LogP contribution is -2.39. The molecule has 4 heteroatoms. The first kappa shape index (κ1) is 15.2. The summed E-state index contributed by atoms with van der Waals surface area (Å²) >= 11 is 0. The third-order valence-corrected chi connectivity index (χ3v) is 3.93. The molecule has 0 aliphatic carbocycles. The molecule has 0 bridgehead atoms. The molecule has 0 amide bonds. The van der Waals surface area contributed by atoms with Gasteiger partial charge in [0, 0.05) is 25.6 Å². The summed E-state index contributed by atoms with van der Waals surface area (Å²) in [4.78, 5) is 11.8. The molecule has 1 aliphatic rings. The van der Waals surface area contributed by atoms with Crippen molar-refractivity contribution in [2.24, 2.45) is 11.8 Å². The Morgan fingerprint density at radius 3 is 2.50 bits per heavy atom. The van der Waals surface area contributed by atoms with Crippen LogP contribution in [0.4, 0.5) is 5.69 Å². The molecule has 1 aromatic heterocycles. The molecule has 0 spiro atoms. The van der Waals surface area contributed by atoms with Gasteiger partial charge in [0.2, 0.25) is 0 Å². The normalized spacial score (nSPS) is 23.4. The predicted molar refractivity (Wildman–Crippen MR) is 84.0 cm³/mol. The van der Waals surface area contributed by atoms with Crippen molar-refractivity contribution in [1.82, 2.24) is 15.3 Å². The van der Waals surface area contributed by atoms with Crippen LogP contribution in [-0.4, -0.2) is 30.1 Å². The monoisotopic (exact) mass is 276 g/mol. The quantitative estimate of drug-likeness (QED) is 0.918. The highest BCUT2D eigenvalue weighted by Gasteiger charge is 2.24. The molecular formula is C16H28N4. The SMILES string of the molecule is CNCc1nc(C(C)C)ncc1N1CC(C)CC(C)C1. The van der Waals surface area contributed by atoms with Crippen LogP contribution in [0.25, 0.3) is 0 Å². The Kier molecular flexibility index (Phi) is 4.97. The van der Waals surface area contributed by atoms with E-state index in [1.807, 2.05) is 13.2 Å². The van der Waals surface area contributed by atoms with Crippen LogP contribution in [-0.2, 0) is 6.54 Å². The Bertz CT molecular complexity index is 434. The van der Waals surface area contributed by atoms with E-state index in [4.69, 9.17) is 4.98 Å². The molecule has 1 fully saturated rings. The molecule has 4 nitrogen and oxygen atoms in total. The van der Waals surface area contributed by atoms with Crippen molar-refractivity contribution in [1.29, 1.82) is 0 Å². The maximum atomic E-state index is 4.77. The van der Waals surface area contributed by atoms with Gasteiger partial charge >= 0.3 is 0 Å². The van der Waals surface area contributed by atoms with Gasteiger partial charge in [0.15, 0.2) is 0 Å². The van der Waals surface area contributed by atoms with Gasteiger partial charge in [0.05, 0.1) is 17.6 Å². The molecule has 0 radical (unpaired) electrons. The van der Waals surface area contributed by atoms with Gasteiger partial charge in [-0.15, -0.1) is 0 Å². The summed E-state index contributed by atoms with van der Waals surface area (Å²) in [6, 6.07) is 0. The maximum Gasteiger partial charge on any atom is 0.131 e. The Hall–Kier alpha value is -1.16. The number of aromatic nitrogens is 2. The van der Waals surface area contributed by atoms with E-state index in [1.165, 1.54) is 12.1 Å². The summed E-state index contributed by atoms with van der Waals surface area (Å²) in [5.74, 6) is 2.80. The van der Waals surface area contributed by atoms with Gasteiger partial charge in [-0.1, -0.05) is 27.7 Å². The van der Waals surface area contributed by atoms with Crippen molar-refractivity contribution < 1.29 is 0 Å². The number of nitrogens with one attached hydrogen (secondary N) is 1. The second-order valence-electron chi connectivity index (χ2n) is 6.60. The highest BCUT2D eigenvalue weighted by Crippen LogP contribution is 2.28. The van der Waals surface area contributed by atoms with Crippen LogP contribution < -0.4 is 10.2 Å². The fraction of sp³-hybridized carbons (Fsp3) is 0.750. The van der Waals surface area contributed by atoms with E-state index in [-0.39, 0.29) is 0 Å². The first-order valence-corrected chi connectivity index (χ1v) is 7.76. The highest BCUT2D eigenvalue weighted by molar-refractivity contribution is 5.49. The Balaban J connectivity index is 2.29. The Labute approximate surface area is 123 Å². The van der Waals surface area contributed by atoms with Crippen LogP contribution in [0.3, 0.4) is 0 Å². The molecule has 2 unspecified atom stereocenters. The number of nitrogens with zero attached hydrogens (tertiary/aromatic N) is 3. The van der Waals surface area contributed by atoms with Crippen LogP contribution in [0.1, 0.15) is 51.6 Å². The van der Waals surface area contributed by atoms with Crippen LogP contribution in [0, 0.1) is 11.8 Å². The van der Waals surface area contributed by atoms with Gasteiger partial charge in [-0.3, -0.25) is 0 Å². The summed E-state index contributed by atoms with van der Waals surface area (Å²) < 4.78 is 0. The molecule has 2 rings (SSSR count). The van der Waals surface area contributed by atoms with Crippen LogP contribution in [0.5, 0.6) is 0 Å². The third kappa shape index (κ3) is 3.48.